The molecule has 0 saturated heterocycles. The van der Waals surface area contributed by atoms with Crippen molar-refractivity contribution < 1.29 is 13.9 Å². The molecule has 1 heterocycles. The minimum atomic E-state index is -0.427. The molecule has 5 nitrogen and oxygen atoms in total. The summed E-state index contributed by atoms with van der Waals surface area (Å²) in [6.45, 7) is 6.17. The van der Waals surface area contributed by atoms with Gasteiger partial charge in [-0.3, -0.25) is 4.79 Å². The molecule has 0 radical (unpaired) electrons. The molecule has 0 aliphatic heterocycles. The summed E-state index contributed by atoms with van der Waals surface area (Å²) in [5, 5.41) is 0. The molecule has 1 aromatic heterocycles. The Morgan fingerprint density at radius 2 is 1.87 bits per heavy atom. The van der Waals surface area contributed by atoms with Crippen LogP contribution in [-0.4, -0.2) is 33.4 Å². The highest BCUT2D eigenvalue weighted by Crippen LogP contribution is 2.20. The summed E-state index contributed by atoms with van der Waals surface area (Å²) in [5.74, 6) is -0.537. The van der Waals surface area contributed by atoms with Gasteiger partial charge in [-0.25, -0.2) is 9.37 Å². The van der Waals surface area contributed by atoms with Crippen LogP contribution in [0.1, 0.15) is 36.8 Å². The summed E-state index contributed by atoms with van der Waals surface area (Å²) in [6.07, 6.45) is 1.48. The van der Waals surface area contributed by atoms with Gasteiger partial charge < -0.3 is 9.64 Å². The van der Waals surface area contributed by atoms with Crippen LogP contribution in [-0.2, 0) is 6.54 Å². The molecule has 0 aliphatic rings. The maximum absolute atomic E-state index is 13.1. The van der Waals surface area contributed by atoms with Gasteiger partial charge >= 0.3 is 6.01 Å². The minimum Gasteiger partial charge on any atom is -0.467 e. The summed E-state index contributed by atoms with van der Waals surface area (Å²) >= 11 is 0. The van der Waals surface area contributed by atoms with Crippen LogP contribution in [0.4, 0.5) is 4.39 Å². The zero-order chi connectivity index (χ0) is 17.0. The fourth-order valence-corrected chi connectivity index (χ4v) is 2.08. The molecule has 0 N–H and O–H groups in total. The molecule has 6 heteroatoms. The number of nitrogens with zero attached hydrogens (tertiary/aromatic N) is 3. The highest BCUT2D eigenvalue weighted by Gasteiger charge is 2.28. The first-order chi connectivity index (χ1) is 10.8. The smallest absolute Gasteiger partial charge is 0.316 e. The number of hydrogen-bond donors (Lipinski definition) is 0. The SMILES string of the molecule is COc1nccc(C(=O)N(Cc2ccc(F)cc2)C(C)(C)C)n1. The van der Waals surface area contributed by atoms with Gasteiger partial charge in [0.1, 0.15) is 11.5 Å². The summed E-state index contributed by atoms with van der Waals surface area (Å²) in [6, 6.07) is 7.80. The number of amides is 1. The highest BCUT2D eigenvalue weighted by molar-refractivity contribution is 5.92. The Morgan fingerprint density at radius 1 is 1.22 bits per heavy atom. The van der Waals surface area contributed by atoms with E-state index in [0.717, 1.165) is 5.56 Å². The second kappa shape index (κ2) is 6.73. The van der Waals surface area contributed by atoms with E-state index >= 15 is 0 Å². The van der Waals surface area contributed by atoms with Gasteiger partial charge in [0.25, 0.3) is 5.91 Å². The third-order valence-electron chi connectivity index (χ3n) is 3.34. The molecule has 122 valence electrons. The van der Waals surface area contributed by atoms with E-state index in [1.807, 2.05) is 20.8 Å². The molecular formula is C17H20FN3O2. The lowest BCUT2D eigenvalue weighted by atomic mass is 10.0. The second-order valence-electron chi connectivity index (χ2n) is 6.12. The van der Waals surface area contributed by atoms with Crippen LogP contribution in [0.25, 0.3) is 0 Å². The zero-order valence-electron chi connectivity index (χ0n) is 13.7. The van der Waals surface area contributed by atoms with E-state index in [2.05, 4.69) is 9.97 Å². The Labute approximate surface area is 135 Å². The van der Waals surface area contributed by atoms with Crippen LogP contribution >= 0.6 is 0 Å². The maximum Gasteiger partial charge on any atom is 0.316 e. The predicted molar refractivity (Wildman–Crippen MR) is 84.6 cm³/mol. The Bertz CT molecular complexity index is 681. The maximum atomic E-state index is 13.1. The van der Waals surface area contributed by atoms with Crippen LogP contribution in [0.5, 0.6) is 6.01 Å². The third-order valence-corrected chi connectivity index (χ3v) is 3.34. The number of hydrogen-bond acceptors (Lipinski definition) is 4. The van der Waals surface area contributed by atoms with Gasteiger partial charge in [0.2, 0.25) is 0 Å². The van der Waals surface area contributed by atoms with Crippen molar-refractivity contribution in [2.75, 3.05) is 7.11 Å². The molecule has 0 saturated carbocycles. The Kier molecular flexibility index (Phi) is 4.93. The molecule has 2 rings (SSSR count). The van der Waals surface area contributed by atoms with Crippen molar-refractivity contribution >= 4 is 5.91 Å². The van der Waals surface area contributed by atoms with Crippen molar-refractivity contribution in [2.45, 2.75) is 32.9 Å². The van der Waals surface area contributed by atoms with Crippen molar-refractivity contribution in [3.8, 4) is 6.01 Å². The summed E-state index contributed by atoms with van der Waals surface area (Å²) < 4.78 is 18.0. The van der Waals surface area contributed by atoms with Crippen molar-refractivity contribution in [1.82, 2.24) is 14.9 Å². The Hall–Kier alpha value is -2.50. The number of ether oxygens (including phenoxy) is 1. The first kappa shape index (κ1) is 16.9. The van der Waals surface area contributed by atoms with Crippen molar-refractivity contribution in [1.29, 1.82) is 0 Å². The van der Waals surface area contributed by atoms with E-state index < -0.39 is 5.54 Å². The summed E-state index contributed by atoms with van der Waals surface area (Å²) in [5.41, 5.74) is 0.675. The Morgan fingerprint density at radius 3 is 2.43 bits per heavy atom. The number of carbonyl (C=O) groups is 1. The molecule has 0 fully saturated rings. The zero-order valence-corrected chi connectivity index (χ0v) is 13.7. The lowest BCUT2D eigenvalue weighted by molar-refractivity contribution is 0.0551. The molecular weight excluding hydrogens is 297 g/mol. The van der Waals surface area contributed by atoms with Crippen LogP contribution < -0.4 is 4.74 Å². The number of aromatic nitrogens is 2. The molecule has 0 aliphatic carbocycles. The van der Waals surface area contributed by atoms with Crippen LogP contribution in [0.2, 0.25) is 0 Å². The van der Waals surface area contributed by atoms with Gasteiger partial charge in [0.05, 0.1) is 7.11 Å². The van der Waals surface area contributed by atoms with E-state index in [-0.39, 0.29) is 23.4 Å². The van der Waals surface area contributed by atoms with Crippen molar-refractivity contribution in [3.63, 3.8) is 0 Å². The van der Waals surface area contributed by atoms with Gasteiger partial charge in [-0.05, 0) is 44.5 Å². The Balaban J connectivity index is 2.30. The van der Waals surface area contributed by atoms with Gasteiger partial charge in [-0.2, -0.15) is 4.98 Å². The number of halogens is 1. The lowest BCUT2D eigenvalue weighted by Gasteiger charge is -2.35. The molecule has 0 atom stereocenters. The van der Waals surface area contributed by atoms with Gasteiger partial charge in [-0.15, -0.1) is 0 Å². The fraction of sp³-hybridized carbons (Fsp3) is 0.353. The lowest BCUT2D eigenvalue weighted by Crippen LogP contribution is -2.45. The molecule has 0 unspecified atom stereocenters. The minimum absolute atomic E-state index is 0.145. The topological polar surface area (TPSA) is 55.3 Å². The first-order valence-electron chi connectivity index (χ1n) is 7.24. The van der Waals surface area contributed by atoms with Crippen LogP contribution in [0, 0.1) is 5.82 Å². The largest absolute Gasteiger partial charge is 0.467 e. The summed E-state index contributed by atoms with van der Waals surface area (Å²) in [4.78, 5) is 22.5. The van der Waals surface area contributed by atoms with E-state index in [4.69, 9.17) is 4.74 Å². The second-order valence-corrected chi connectivity index (χ2v) is 6.12. The quantitative estimate of drug-likeness (QED) is 0.869. The third kappa shape index (κ3) is 4.25. The van der Waals surface area contributed by atoms with E-state index in [9.17, 15) is 9.18 Å². The number of benzene rings is 1. The molecule has 2 aromatic rings. The summed E-state index contributed by atoms with van der Waals surface area (Å²) in [7, 11) is 1.45. The van der Waals surface area contributed by atoms with E-state index in [0.29, 0.717) is 6.54 Å². The molecule has 0 bridgehead atoms. The molecule has 23 heavy (non-hydrogen) atoms. The molecule has 0 spiro atoms. The molecule has 1 aromatic carbocycles. The number of carbonyl (C=O) groups excluding carboxylic acids is 1. The van der Waals surface area contributed by atoms with Crippen molar-refractivity contribution in [2.24, 2.45) is 0 Å². The van der Waals surface area contributed by atoms with Gasteiger partial charge in [-0.1, -0.05) is 12.1 Å². The first-order valence-corrected chi connectivity index (χ1v) is 7.24. The van der Waals surface area contributed by atoms with Crippen LogP contribution in [0.15, 0.2) is 36.5 Å². The highest BCUT2D eigenvalue weighted by atomic mass is 19.1. The molecule has 1 amide bonds. The van der Waals surface area contributed by atoms with E-state index in [1.54, 1.807) is 23.1 Å². The average Bonchev–Trinajstić information content (AvgIpc) is 2.52. The van der Waals surface area contributed by atoms with Crippen molar-refractivity contribution in [3.05, 3.63) is 53.6 Å². The fourth-order valence-electron chi connectivity index (χ4n) is 2.08. The van der Waals surface area contributed by atoms with Gasteiger partial charge in [0, 0.05) is 18.3 Å². The number of methoxy groups -OCH3 is 1. The number of rotatable bonds is 4. The normalized spacial score (nSPS) is 11.2. The predicted octanol–water partition coefficient (Wildman–Crippen LogP) is 3.07. The van der Waals surface area contributed by atoms with E-state index in [1.165, 1.54) is 25.4 Å². The van der Waals surface area contributed by atoms with Gasteiger partial charge in [0.15, 0.2) is 0 Å². The standard InChI is InChI=1S/C17H20FN3O2/c1-17(2,3)21(11-12-5-7-13(18)8-6-12)15(22)14-9-10-19-16(20-14)23-4/h5-10H,11H2,1-4H3. The van der Waals surface area contributed by atoms with Crippen LogP contribution in [0.3, 0.4) is 0 Å². The monoisotopic (exact) mass is 317 g/mol. The average molecular weight is 317 g/mol.